The van der Waals surface area contributed by atoms with E-state index in [1.807, 2.05) is 6.07 Å². The maximum Gasteiger partial charge on any atom is 0.283 e. The molecule has 2 aromatic rings. The fourth-order valence-corrected chi connectivity index (χ4v) is 2.35. The summed E-state index contributed by atoms with van der Waals surface area (Å²) in [6.07, 6.45) is 0.644. The predicted octanol–water partition coefficient (Wildman–Crippen LogP) is 1.31. The molecule has 0 fully saturated rings. The molecule has 0 saturated heterocycles. The Labute approximate surface area is 131 Å². The fraction of sp³-hybridized carbons (Fsp3) is 0.143. The summed E-state index contributed by atoms with van der Waals surface area (Å²) < 4.78 is 0. The Kier molecular flexibility index (Phi) is 5.21. The number of nitrogens with zero attached hydrogens (tertiary/aromatic N) is 3. The third kappa shape index (κ3) is 3.47. The first-order valence-corrected chi connectivity index (χ1v) is 7.18. The summed E-state index contributed by atoms with van der Waals surface area (Å²) in [4.78, 5) is 33.7. The number of aromatic nitrogens is 1. The highest BCUT2D eigenvalue weighted by Gasteiger charge is 2.25. The normalized spacial score (nSPS) is 11.0. The lowest BCUT2D eigenvalue weighted by Gasteiger charge is -2.20. The van der Waals surface area contributed by atoms with Crippen molar-refractivity contribution in [1.29, 1.82) is 0 Å². The molecule has 1 aromatic carbocycles. The number of carbonyl (C=O) groups is 2. The Morgan fingerprint density at radius 3 is 2.73 bits per heavy atom. The van der Waals surface area contributed by atoms with Crippen molar-refractivity contribution in [3.8, 4) is 0 Å². The van der Waals surface area contributed by atoms with Crippen molar-refractivity contribution in [3.63, 3.8) is 0 Å². The average Bonchev–Trinajstić information content (AvgIpc) is 2.96. The van der Waals surface area contributed by atoms with Gasteiger partial charge in [0.25, 0.3) is 5.91 Å². The second kappa shape index (κ2) is 7.32. The van der Waals surface area contributed by atoms with Gasteiger partial charge in [-0.1, -0.05) is 23.4 Å². The molecule has 1 aromatic heterocycles. The summed E-state index contributed by atoms with van der Waals surface area (Å²) in [7, 11) is 1.33. The van der Waals surface area contributed by atoms with Crippen molar-refractivity contribution in [1.82, 2.24) is 4.98 Å². The number of amides is 1. The number of para-hydroxylation sites is 1. The number of carbonyl (C=O) groups excluding carboxylic acids is 2. The lowest BCUT2D eigenvalue weighted by molar-refractivity contribution is -0.114. The van der Waals surface area contributed by atoms with Crippen LogP contribution in [0.25, 0.3) is 0 Å². The first-order chi connectivity index (χ1) is 10.7. The first kappa shape index (κ1) is 15.6. The summed E-state index contributed by atoms with van der Waals surface area (Å²) in [5.41, 5.74) is 6.46. The Morgan fingerprint density at radius 2 is 2.18 bits per heavy atom. The molecule has 22 heavy (non-hydrogen) atoms. The van der Waals surface area contributed by atoms with Gasteiger partial charge in [-0.2, -0.15) is 0 Å². The molecule has 8 heteroatoms. The summed E-state index contributed by atoms with van der Waals surface area (Å²) >= 11 is 1.19. The zero-order valence-electron chi connectivity index (χ0n) is 11.8. The van der Waals surface area contributed by atoms with E-state index in [2.05, 4.69) is 10.1 Å². The molecular weight excluding hydrogens is 304 g/mol. The van der Waals surface area contributed by atoms with Crippen LogP contribution in [0.5, 0.6) is 0 Å². The van der Waals surface area contributed by atoms with E-state index in [1.54, 1.807) is 29.6 Å². The minimum atomic E-state index is -0.495. The number of benzene rings is 1. The molecule has 114 valence electrons. The van der Waals surface area contributed by atoms with E-state index < -0.39 is 5.91 Å². The molecule has 0 aliphatic carbocycles. The van der Waals surface area contributed by atoms with Crippen molar-refractivity contribution in [2.24, 2.45) is 5.16 Å². The number of oxime groups is 1. The molecule has 1 heterocycles. The van der Waals surface area contributed by atoms with E-state index in [-0.39, 0.29) is 12.3 Å². The molecule has 0 aliphatic rings. The van der Waals surface area contributed by atoms with Crippen molar-refractivity contribution < 1.29 is 14.4 Å². The molecule has 0 bridgehead atoms. The smallest absolute Gasteiger partial charge is 0.283 e. The summed E-state index contributed by atoms with van der Waals surface area (Å²) in [6.45, 7) is -0.106. The number of aldehydes is 1. The molecular formula is C14H14N4O3S. The molecule has 0 atom stereocenters. The van der Waals surface area contributed by atoms with E-state index in [9.17, 15) is 9.59 Å². The van der Waals surface area contributed by atoms with Crippen LogP contribution in [0.15, 0.2) is 40.9 Å². The Balaban J connectivity index is 2.39. The monoisotopic (exact) mass is 318 g/mol. The van der Waals surface area contributed by atoms with Gasteiger partial charge < -0.3 is 15.4 Å². The Bertz CT molecular complexity index is 684. The second-order valence-electron chi connectivity index (χ2n) is 4.11. The van der Waals surface area contributed by atoms with E-state index in [0.717, 1.165) is 0 Å². The molecule has 7 nitrogen and oxygen atoms in total. The number of rotatable bonds is 6. The van der Waals surface area contributed by atoms with Gasteiger partial charge >= 0.3 is 0 Å². The third-order valence-corrected chi connectivity index (χ3v) is 3.39. The molecule has 0 radical (unpaired) electrons. The fourth-order valence-electron chi connectivity index (χ4n) is 1.80. The van der Waals surface area contributed by atoms with Gasteiger partial charge in [0, 0.05) is 11.1 Å². The maximum absolute atomic E-state index is 12.7. The van der Waals surface area contributed by atoms with Crippen LogP contribution in [0.4, 0.5) is 10.8 Å². The SMILES string of the molecule is CO/N=C(\C(=O)N(CC=O)c1ccccc1)c1csc(N)n1. The van der Waals surface area contributed by atoms with Crippen LogP contribution >= 0.6 is 11.3 Å². The van der Waals surface area contributed by atoms with Gasteiger partial charge in [0.15, 0.2) is 10.8 Å². The maximum atomic E-state index is 12.7. The lowest BCUT2D eigenvalue weighted by atomic mass is 10.2. The van der Waals surface area contributed by atoms with Gasteiger partial charge in [-0.15, -0.1) is 11.3 Å². The lowest BCUT2D eigenvalue weighted by Crippen LogP contribution is -2.38. The Hall–Kier alpha value is -2.74. The molecule has 0 aliphatic heterocycles. The van der Waals surface area contributed by atoms with Crippen LogP contribution in [-0.2, 0) is 14.4 Å². The highest BCUT2D eigenvalue weighted by Crippen LogP contribution is 2.17. The van der Waals surface area contributed by atoms with Crippen LogP contribution in [0.3, 0.4) is 0 Å². The highest BCUT2D eigenvalue weighted by molar-refractivity contribution is 7.13. The predicted molar refractivity (Wildman–Crippen MR) is 84.9 cm³/mol. The number of hydrogen-bond acceptors (Lipinski definition) is 7. The first-order valence-electron chi connectivity index (χ1n) is 6.30. The van der Waals surface area contributed by atoms with E-state index in [4.69, 9.17) is 10.6 Å². The second-order valence-corrected chi connectivity index (χ2v) is 5.00. The van der Waals surface area contributed by atoms with Crippen molar-refractivity contribution in [2.45, 2.75) is 0 Å². The van der Waals surface area contributed by atoms with Crippen LogP contribution in [0.2, 0.25) is 0 Å². The zero-order chi connectivity index (χ0) is 15.9. The minimum Gasteiger partial charge on any atom is -0.398 e. The molecule has 0 unspecified atom stereocenters. The summed E-state index contributed by atoms with van der Waals surface area (Å²) in [5.74, 6) is -0.495. The van der Waals surface area contributed by atoms with Crippen molar-refractivity contribution in [2.75, 3.05) is 24.3 Å². The molecule has 0 saturated carbocycles. The van der Waals surface area contributed by atoms with Gasteiger partial charge in [-0.05, 0) is 12.1 Å². The highest BCUT2D eigenvalue weighted by atomic mass is 32.1. The van der Waals surface area contributed by atoms with Gasteiger partial charge in [-0.3, -0.25) is 9.69 Å². The van der Waals surface area contributed by atoms with E-state index in [1.165, 1.54) is 23.3 Å². The molecule has 1 amide bonds. The zero-order valence-corrected chi connectivity index (χ0v) is 12.6. The van der Waals surface area contributed by atoms with E-state index >= 15 is 0 Å². The van der Waals surface area contributed by atoms with Gasteiger partial charge in [-0.25, -0.2) is 4.98 Å². The molecule has 0 spiro atoms. The quantitative estimate of drug-likeness (QED) is 0.492. The number of anilines is 2. The summed E-state index contributed by atoms with van der Waals surface area (Å²) in [6, 6.07) is 8.81. The van der Waals surface area contributed by atoms with Crippen molar-refractivity contribution >= 4 is 40.1 Å². The third-order valence-electron chi connectivity index (χ3n) is 2.72. The van der Waals surface area contributed by atoms with Gasteiger partial charge in [0.2, 0.25) is 0 Å². The number of hydrogen-bond donors (Lipinski definition) is 1. The van der Waals surface area contributed by atoms with Crippen LogP contribution in [0, 0.1) is 0 Å². The largest absolute Gasteiger partial charge is 0.398 e. The van der Waals surface area contributed by atoms with Crippen LogP contribution in [0.1, 0.15) is 5.69 Å². The standard InChI is InChI=1S/C14H14N4O3S/c1-21-17-12(11-9-22-14(15)16-11)13(20)18(7-8-19)10-5-3-2-4-6-10/h2-6,8-9H,7H2,1H3,(H2,15,16)/b17-12-. The summed E-state index contributed by atoms with van der Waals surface area (Å²) in [5, 5.41) is 5.65. The van der Waals surface area contributed by atoms with Crippen LogP contribution in [-0.4, -0.2) is 36.5 Å². The molecule has 2 N–H and O–H groups in total. The number of thiazole rings is 1. The minimum absolute atomic E-state index is 0.0128. The number of nitrogens with two attached hydrogens (primary N) is 1. The topological polar surface area (TPSA) is 97.9 Å². The van der Waals surface area contributed by atoms with Crippen molar-refractivity contribution in [3.05, 3.63) is 41.4 Å². The van der Waals surface area contributed by atoms with Gasteiger partial charge in [0.1, 0.15) is 19.1 Å². The van der Waals surface area contributed by atoms with Gasteiger partial charge in [0.05, 0.1) is 6.54 Å². The average molecular weight is 318 g/mol. The van der Waals surface area contributed by atoms with E-state index in [0.29, 0.717) is 22.8 Å². The number of nitrogen functional groups attached to an aromatic ring is 1. The Morgan fingerprint density at radius 1 is 1.45 bits per heavy atom. The van der Waals surface area contributed by atoms with Crippen LogP contribution < -0.4 is 10.6 Å². The molecule has 2 rings (SSSR count).